The van der Waals surface area contributed by atoms with Crippen LogP contribution in [0.25, 0.3) is 0 Å². The number of amides is 1. The zero-order valence-corrected chi connectivity index (χ0v) is 10.3. The average molecular weight is 233 g/mol. The van der Waals surface area contributed by atoms with E-state index in [4.69, 9.17) is 14.9 Å². The lowest BCUT2D eigenvalue weighted by atomic mass is 9.97. The maximum Gasteiger partial charge on any atom is 0.220 e. The molecule has 3 N–H and O–H groups in total. The number of hydrogen-bond acceptors (Lipinski definition) is 4. The summed E-state index contributed by atoms with van der Waals surface area (Å²) in [5, 5.41) is 21.0. The van der Waals surface area contributed by atoms with E-state index in [2.05, 4.69) is 5.32 Å². The fraction of sp³-hybridized carbons (Fsp3) is 0.909. The molecule has 0 radical (unpaired) electrons. The zero-order chi connectivity index (χ0) is 12.6. The van der Waals surface area contributed by atoms with Gasteiger partial charge in [0.25, 0.3) is 0 Å². The van der Waals surface area contributed by atoms with Crippen LogP contribution in [0.5, 0.6) is 0 Å². The third kappa shape index (κ3) is 4.92. The molecule has 1 atom stereocenters. The Labute approximate surface area is 96.8 Å². The van der Waals surface area contributed by atoms with Gasteiger partial charge in [-0.2, -0.15) is 0 Å². The summed E-state index contributed by atoms with van der Waals surface area (Å²) in [4.78, 5) is 11.6. The van der Waals surface area contributed by atoms with Crippen molar-refractivity contribution in [2.45, 2.75) is 32.2 Å². The minimum Gasteiger partial charge on any atom is -0.394 e. The van der Waals surface area contributed by atoms with Gasteiger partial charge in [-0.1, -0.05) is 13.8 Å². The van der Waals surface area contributed by atoms with Crippen LogP contribution in [0.4, 0.5) is 0 Å². The van der Waals surface area contributed by atoms with E-state index in [1.807, 2.05) is 13.8 Å². The predicted molar refractivity (Wildman–Crippen MR) is 61.0 cm³/mol. The molecule has 0 aromatic heterocycles. The molecule has 0 aliphatic heterocycles. The minimum atomic E-state index is -0.899. The molecule has 96 valence electrons. The van der Waals surface area contributed by atoms with Gasteiger partial charge in [0.2, 0.25) is 5.91 Å². The normalized spacial score (nSPS) is 13.6. The van der Waals surface area contributed by atoms with E-state index in [-0.39, 0.29) is 25.0 Å². The Morgan fingerprint density at radius 1 is 1.44 bits per heavy atom. The number of ether oxygens (including phenoxy) is 1. The number of rotatable bonds is 8. The first-order chi connectivity index (χ1) is 7.53. The Bertz CT molecular complexity index is 196. The maximum atomic E-state index is 11.6. The predicted octanol–water partition coefficient (Wildman–Crippen LogP) is -0.0914. The molecule has 0 aliphatic carbocycles. The van der Waals surface area contributed by atoms with Crippen LogP contribution in [0.3, 0.4) is 0 Å². The largest absolute Gasteiger partial charge is 0.394 e. The van der Waals surface area contributed by atoms with Crippen molar-refractivity contribution in [2.75, 3.05) is 26.9 Å². The summed E-state index contributed by atoms with van der Waals surface area (Å²) in [6.07, 6.45) is 0.819. The smallest absolute Gasteiger partial charge is 0.220 e. The summed E-state index contributed by atoms with van der Waals surface area (Å²) in [6.45, 7) is 3.72. The standard InChI is InChI=1S/C11H23NO4/c1-4-11(7-13,8-14)12-10(15)5-9(2)6-16-3/h9,13-14H,4-8H2,1-3H3,(H,12,15). The van der Waals surface area contributed by atoms with Crippen molar-refractivity contribution >= 4 is 5.91 Å². The van der Waals surface area contributed by atoms with Gasteiger partial charge >= 0.3 is 0 Å². The van der Waals surface area contributed by atoms with Crippen molar-refractivity contribution in [3.05, 3.63) is 0 Å². The number of hydrogen-bond donors (Lipinski definition) is 3. The molecule has 1 amide bonds. The second kappa shape index (κ2) is 7.60. The first-order valence-corrected chi connectivity index (χ1v) is 5.55. The summed E-state index contributed by atoms with van der Waals surface area (Å²) in [6, 6.07) is 0. The SMILES string of the molecule is CCC(CO)(CO)NC(=O)CC(C)COC. The summed E-state index contributed by atoms with van der Waals surface area (Å²) in [7, 11) is 1.59. The number of carbonyl (C=O) groups is 1. The Balaban J connectivity index is 4.20. The van der Waals surface area contributed by atoms with Gasteiger partial charge in [-0.3, -0.25) is 4.79 Å². The maximum absolute atomic E-state index is 11.6. The van der Waals surface area contributed by atoms with Crippen molar-refractivity contribution in [3.8, 4) is 0 Å². The first-order valence-electron chi connectivity index (χ1n) is 5.55. The number of nitrogens with one attached hydrogen (secondary N) is 1. The molecule has 0 bridgehead atoms. The lowest BCUT2D eigenvalue weighted by Crippen LogP contribution is -2.54. The number of aliphatic hydroxyl groups is 2. The highest BCUT2D eigenvalue weighted by atomic mass is 16.5. The molecular weight excluding hydrogens is 210 g/mol. The number of aliphatic hydroxyl groups excluding tert-OH is 2. The molecule has 0 aromatic rings. The van der Waals surface area contributed by atoms with Crippen LogP contribution < -0.4 is 5.32 Å². The molecule has 1 unspecified atom stereocenters. The van der Waals surface area contributed by atoms with Gasteiger partial charge in [0.1, 0.15) is 0 Å². The summed E-state index contributed by atoms with van der Waals surface area (Å²) < 4.78 is 4.93. The van der Waals surface area contributed by atoms with Gasteiger partial charge in [-0.05, 0) is 12.3 Å². The van der Waals surface area contributed by atoms with Crippen molar-refractivity contribution in [3.63, 3.8) is 0 Å². The van der Waals surface area contributed by atoms with E-state index >= 15 is 0 Å². The van der Waals surface area contributed by atoms with Crippen LogP contribution in [0.15, 0.2) is 0 Å². The quantitative estimate of drug-likeness (QED) is 0.547. The Morgan fingerprint density at radius 2 is 2.00 bits per heavy atom. The number of carbonyl (C=O) groups excluding carboxylic acids is 1. The van der Waals surface area contributed by atoms with Crippen LogP contribution in [0.1, 0.15) is 26.7 Å². The summed E-state index contributed by atoms with van der Waals surface area (Å²) in [5.74, 6) is -0.0496. The van der Waals surface area contributed by atoms with Crippen LogP contribution in [0.2, 0.25) is 0 Å². The van der Waals surface area contributed by atoms with E-state index in [0.717, 1.165) is 0 Å². The highest BCUT2D eigenvalue weighted by molar-refractivity contribution is 5.77. The molecule has 0 aromatic carbocycles. The van der Waals surface area contributed by atoms with Gasteiger partial charge in [0.05, 0.1) is 18.8 Å². The molecular formula is C11H23NO4. The van der Waals surface area contributed by atoms with Crippen molar-refractivity contribution in [1.29, 1.82) is 0 Å². The fourth-order valence-electron chi connectivity index (χ4n) is 1.45. The van der Waals surface area contributed by atoms with Gasteiger partial charge < -0.3 is 20.3 Å². The Kier molecular flexibility index (Phi) is 7.29. The van der Waals surface area contributed by atoms with Gasteiger partial charge in [0, 0.05) is 20.1 Å². The van der Waals surface area contributed by atoms with E-state index in [0.29, 0.717) is 19.4 Å². The second-order valence-corrected chi connectivity index (χ2v) is 4.26. The molecule has 16 heavy (non-hydrogen) atoms. The fourth-order valence-corrected chi connectivity index (χ4v) is 1.45. The zero-order valence-electron chi connectivity index (χ0n) is 10.3. The lowest BCUT2D eigenvalue weighted by molar-refractivity contribution is -0.125. The minimum absolute atomic E-state index is 0.122. The van der Waals surface area contributed by atoms with Crippen LogP contribution in [0, 0.1) is 5.92 Å². The van der Waals surface area contributed by atoms with Crippen LogP contribution in [-0.2, 0) is 9.53 Å². The molecule has 0 rings (SSSR count). The monoisotopic (exact) mass is 233 g/mol. The van der Waals surface area contributed by atoms with E-state index in [9.17, 15) is 4.79 Å². The molecule has 0 fully saturated rings. The van der Waals surface area contributed by atoms with Crippen LogP contribution >= 0.6 is 0 Å². The van der Waals surface area contributed by atoms with Gasteiger partial charge in [0.15, 0.2) is 0 Å². The topological polar surface area (TPSA) is 78.8 Å². The lowest BCUT2D eigenvalue weighted by Gasteiger charge is -2.30. The Morgan fingerprint density at radius 3 is 2.38 bits per heavy atom. The third-order valence-corrected chi connectivity index (χ3v) is 2.67. The molecule has 0 heterocycles. The number of methoxy groups -OCH3 is 1. The van der Waals surface area contributed by atoms with E-state index in [1.165, 1.54) is 0 Å². The van der Waals surface area contributed by atoms with E-state index < -0.39 is 5.54 Å². The Hall–Kier alpha value is -0.650. The van der Waals surface area contributed by atoms with Crippen molar-refractivity contribution < 1.29 is 19.7 Å². The highest BCUT2D eigenvalue weighted by Crippen LogP contribution is 2.10. The van der Waals surface area contributed by atoms with Crippen molar-refractivity contribution in [1.82, 2.24) is 5.32 Å². The van der Waals surface area contributed by atoms with Crippen molar-refractivity contribution in [2.24, 2.45) is 5.92 Å². The summed E-state index contributed by atoms with van der Waals surface area (Å²) in [5.41, 5.74) is -0.899. The van der Waals surface area contributed by atoms with Gasteiger partial charge in [-0.25, -0.2) is 0 Å². The third-order valence-electron chi connectivity index (χ3n) is 2.67. The first kappa shape index (κ1) is 15.3. The average Bonchev–Trinajstić information content (AvgIpc) is 2.26. The molecule has 0 aliphatic rings. The van der Waals surface area contributed by atoms with Crippen LogP contribution in [-0.4, -0.2) is 48.6 Å². The molecule has 5 nitrogen and oxygen atoms in total. The highest BCUT2D eigenvalue weighted by Gasteiger charge is 2.28. The molecule has 0 spiro atoms. The summed E-state index contributed by atoms with van der Waals surface area (Å²) >= 11 is 0. The molecule has 0 saturated heterocycles. The molecule has 0 saturated carbocycles. The molecule has 5 heteroatoms. The van der Waals surface area contributed by atoms with E-state index in [1.54, 1.807) is 7.11 Å². The second-order valence-electron chi connectivity index (χ2n) is 4.26. The van der Waals surface area contributed by atoms with Gasteiger partial charge in [-0.15, -0.1) is 0 Å².